The van der Waals surface area contributed by atoms with Crippen LogP contribution in [0.5, 0.6) is 0 Å². The summed E-state index contributed by atoms with van der Waals surface area (Å²) in [5.74, 6) is -2.98. The minimum Gasteiger partial charge on any atom is -0.459 e. The third-order valence-corrected chi connectivity index (χ3v) is 5.02. The molecule has 190 valence electrons. The summed E-state index contributed by atoms with van der Waals surface area (Å²) >= 11 is 0. The van der Waals surface area contributed by atoms with Crippen LogP contribution in [0.15, 0.2) is 54.6 Å². The predicted molar refractivity (Wildman–Crippen MR) is 126 cm³/mol. The van der Waals surface area contributed by atoms with Crippen molar-refractivity contribution in [2.24, 2.45) is 0 Å². The highest BCUT2D eigenvalue weighted by Crippen LogP contribution is 2.23. The molecular formula is C26H28N2O8. The highest BCUT2D eigenvalue weighted by molar-refractivity contribution is 6.20. The van der Waals surface area contributed by atoms with Crippen LogP contribution in [0.25, 0.3) is 0 Å². The molecule has 0 bridgehead atoms. The van der Waals surface area contributed by atoms with Crippen molar-refractivity contribution >= 4 is 29.8 Å². The van der Waals surface area contributed by atoms with Crippen molar-refractivity contribution in [2.45, 2.75) is 58.3 Å². The normalized spacial score (nSPS) is 13.6. The average Bonchev–Trinajstić information content (AvgIpc) is 3.06. The van der Waals surface area contributed by atoms with E-state index in [1.165, 1.54) is 12.1 Å². The number of fused-ring (bicyclic) bond motifs is 1. The van der Waals surface area contributed by atoms with Gasteiger partial charge in [0.05, 0.1) is 11.1 Å². The molecule has 0 radical (unpaired) electrons. The van der Waals surface area contributed by atoms with Crippen LogP contribution >= 0.6 is 0 Å². The van der Waals surface area contributed by atoms with Crippen molar-refractivity contribution in [3.05, 3.63) is 71.3 Å². The van der Waals surface area contributed by atoms with Crippen LogP contribution in [0.3, 0.4) is 0 Å². The van der Waals surface area contributed by atoms with Crippen LogP contribution in [0.1, 0.15) is 66.3 Å². The Bertz CT molecular complexity index is 1110. The predicted octanol–water partition coefficient (Wildman–Crippen LogP) is 3.55. The maximum atomic E-state index is 12.7. The lowest BCUT2D eigenvalue weighted by molar-refractivity contribution is -0.168. The number of rotatable bonds is 9. The second kappa shape index (κ2) is 11.5. The van der Waals surface area contributed by atoms with Crippen molar-refractivity contribution in [2.75, 3.05) is 0 Å². The molecule has 3 amide bonds. The van der Waals surface area contributed by atoms with E-state index < -0.39 is 41.5 Å². The molecule has 0 spiro atoms. The number of alkyl carbamates (subject to hydrolysis) is 1. The molecular weight excluding hydrogens is 468 g/mol. The second-order valence-corrected chi connectivity index (χ2v) is 9.10. The van der Waals surface area contributed by atoms with Gasteiger partial charge in [-0.1, -0.05) is 47.5 Å². The summed E-state index contributed by atoms with van der Waals surface area (Å²) in [5, 5.41) is 2.90. The number of hydrogen-bond acceptors (Lipinski definition) is 8. The lowest BCUT2D eigenvalue weighted by Crippen LogP contribution is -2.44. The van der Waals surface area contributed by atoms with Crippen molar-refractivity contribution in [3.63, 3.8) is 0 Å². The first-order valence-electron chi connectivity index (χ1n) is 11.4. The highest BCUT2D eigenvalue weighted by Gasteiger charge is 2.38. The van der Waals surface area contributed by atoms with Crippen LogP contribution in [0.2, 0.25) is 0 Å². The first-order valence-corrected chi connectivity index (χ1v) is 11.4. The summed E-state index contributed by atoms with van der Waals surface area (Å²) in [7, 11) is 0. The molecule has 1 unspecified atom stereocenters. The monoisotopic (exact) mass is 496 g/mol. The summed E-state index contributed by atoms with van der Waals surface area (Å²) in [4.78, 5) is 66.9. The molecule has 0 aromatic heterocycles. The molecule has 36 heavy (non-hydrogen) atoms. The zero-order chi connectivity index (χ0) is 26.3. The molecule has 2 aromatic carbocycles. The smallest absolute Gasteiger partial charge is 0.408 e. The third-order valence-electron chi connectivity index (χ3n) is 5.02. The quantitative estimate of drug-likeness (QED) is 0.412. The first kappa shape index (κ1) is 26.4. The number of carbonyl (C=O) groups is 5. The van der Waals surface area contributed by atoms with E-state index in [1.807, 2.05) is 6.07 Å². The van der Waals surface area contributed by atoms with Gasteiger partial charge in [0.15, 0.2) is 0 Å². The number of nitrogens with zero attached hydrogens (tertiary/aromatic N) is 1. The van der Waals surface area contributed by atoms with Gasteiger partial charge in [-0.25, -0.2) is 14.4 Å². The fourth-order valence-corrected chi connectivity index (χ4v) is 3.38. The minimum atomic E-state index is -1.09. The van der Waals surface area contributed by atoms with Gasteiger partial charge in [0.2, 0.25) is 0 Å². The summed E-state index contributed by atoms with van der Waals surface area (Å²) in [6, 6.07) is 14.1. The van der Waals surface area contributed by atoms with Crippen LogP contribution in [-0.2, 0) is 30.5 Å². The number of benzene rings is 2. The molecule has 0 saturated carbocycles. The number of ether oxygens (including phenoxy) is 2. The van der Waals surface area contributed by atoms with E-state index in [0.29, 0.717) is 5.06 Å². The number of esters is 1. The number of nitrogens with one attached hydrogen (secondary N) is 1. The van der Waals surface area contributed by atoms with Crippen molar-refractivity contribution in [1.82, 2.24) is 10.4 Å². The molecule has 10 nitrogen and oxygen atoms in total. The van der Waals surface area contributed by atoms with E-state index in [1.54, 1.807) is 57.2 Å². The van der Waals surface area contributed by atoms with Crippen molar-refractivity contribution in [1.29, 1.82) is 0 Å². The van der Waals surface area contributed by atoms with Gasteiger partial charge in [-0.2, -0.15) is 0 Å². The molecule has 2 aromatic rings. The third kappa shape index (κ3) is 7.14. The van der Waals surface area contributed by atoms with Gasteiger partial charge in [-0.05, 0) is 51.3 Å². The van der Waals surface area contributed by atoms with Gasteiger partial charge in [0.25, 0.3) is 11.8 Å². The van der Waals surface area contributed by atoms with E-state index in [4.69, 9.17) is 14.3 Å². The number of carbonyl (C=O) groups excluding carboxylic acids is 5. The molecule has 1 atom stereocenters. The standard InChI is InChI=1S/C26H28N2O8/c1-26(2,3)35-25(33)27-20(24(32)34-16-17-10-5-4-6-11-17)14-9-15-21(29)36-28-22(30)18-12-7-8-13-19(18)23(28)31/h4-8,10-13,20H,9,14-16H2,1-3H3,(H,27,33). The zero-order valence-corrected chi connectivity index (χ0v) is 20.3. The largest absolute Gasteiger partial charge is 0.459 e. The van der Waals surface area contributed by atoms with E-state index in [9.17, 15) is 24.0 Å². The summed E-state index contributed by atoms with van der Waals surface area (Å²) in [5.41, 5.74) is 0.293. The van der Waals surface area contributed by atoms with Gasteiger partial charge in [0, 0.05) is 6.42 Å². The summed E-state index contributed by atoms with van der Waals surface area (Å²) in [6.45, 7) is 5.06. The minimum absolute atomic E-state index is 0.00789. The Balaban J connectivity index is 1.55. The molecule has 0 aliphatic carbocycles. The zero-order valence-electron chi connectivity index (χ0n) is 20.3. The van der Waals surface area contributed by atoms with Gasteiger partial charge >= 0.3 is 18.0 Å². The van der Waals surface area contributed by atoms with E-state index in [-0.39, 0.29) is 37.0 Å². The first-order chi connectivity index (χ1) is 17.0. The molecule has 1 heterocycles. The molecule has 0 fully saturated rings. The fraction of sp³-hybridized carbons (Fsp3) is 0.346. The molecule has 1 aliphatic rings. The molecule has 10 heteroatoms. The Morgan fingerprint density at radius 2 is 1.50 bits per heavy atom. The Hall–Kier alpha value is -4.21. The van der Waals surface area contributed by atoms with E-state index >= 15 is 0 Å². The topological polar surface area (TPSA) is 128 Å². The average molecular weight is 497 g/mol. The van der Waals surface area contributed by atoms with E-state index in [2.05, 4.69) is 5.32 Å². The Morgan fingerprint density at radius 1 is 0.917 bits per heavy atom. The van der Waals surface area contributed by atoms with Crippen LogP contribution in [-0.4, -0.2) is 46.6 Å². The highest BCUT2D eigenvalue weighted by atomic mass is 16.7. The molecule has 1 aliphatic heterocycles. The number of imide groups is 1. The Labute approximate surface area is 208 Å². The van der Waals surface area contributed by atoms with Gasteiger partial charge in [0.1, 0.15) is 18.2 Å². The summed E-state index contributed by atoms with van der Waals surface area (Å²) < 4.78 is 10.5. The lowest BCUT2D eigenvalue weighted by Gasteiger charge is -2.23. The Kier molecular flexibility index (Phi) is 8.42. The number of hydroxylamine groups is 2. The second-order valence-electron chi connectivity index (χ2n) is 9.10. The molecule has 0 saturated heterocycles. The SMILES string of the molecule is CC(C)(C)OC(=O)NC(CCCC(=O)ON1C(=O)c2ccccc2C1=O)C(=O)OCc1ccccc1. The van der Waals surface area contributed by atoms with Gasteiger partial charge in [-0.15, -0.1) is 0 Å². The number of amides is 3. The van der Waals surface area contributed by atoms with Crippen molar-refractivity contribution in [3.8, 4) is 0 Å². The maximum Gasteiger partial charge on any atom is 0.408 e. The van der Waals surface area contributed by atoms with Crippen LogP contribution in [0, 0.1) is 0 Å². The van der Waals surface area contributed by atoms with Crippen LogP contribution in [0.4, 0.5) is 4.79 Å². The van der Waals surface area contributed by atoms with Gasteiger partial charge in [-0.3, -0.25) is 9.59 Å². The number of hydrogen-bond donors (Lipinski definition) is 1. The molecule has 1 N–H and O–H groups in total. The Morgan fingerprint density at radius 3 is 2.08 bits per heavy atom. The van der Waals surface area contributed by atoms with Crippen molar-refractivity contribution < 1.29 is 38.3 Å². The maximum absolute atomic E-state index is 12.7. The van der Waals surface area contributed by atoms with E-state index in [0.717, 1.165) is 5.56 Å². The molecule has 3 rings (SSSR count). The van der Waals surface area contributed by atoms with Gasteiger partial charge < -0.3 is 19.6 Å². The van der Waals surface area contributed by atoms with Crippen LogP contribution < -0.4 is 5.32 Å². The summed E-state index contributed by atoms with van der Waals surface area (Å²) in [6.07, 6.45) is -0.892. The lowest BCUT2D eigenvalue weighted by atomic mass is 10.1. The fourth-order valence-electron chi connectivity index (χ4n) is 3.38.